The number of aliphatic hydroxyl groups is 1. The van der Waals surface area contributed by atoms with Crippen LogP contribution in [-0.4, -0.2) is 216 Å². The average molecular weight is 1900 g/mol. The molecule has 1 amide bonds. The molecule has 0 spiro atoms. The number of ether oxygens (including phenoxy) is 4. The van der Waals surface area contributed by atoms with Crippen molar-refractivity contribution in [3.63, 3.8) is 0 Å². The van der Waals surface area contributed by atoms with Crippen LogP contribution >= 0.6 is 0 Å². The van der Waals surface area contributed by atoms with Crippen LogP contribution in [0.2, 0.25) is 0 Å². The van der Waals surface area contributed by atoms with Crippen molar-refractivity contribution < 1.29 is 54.1 Å². The van der Waals surface area contributed by atoms with Crippen molar-refractivity contribution in [1.29, 1.82) is 0 Å². The third-order valence-electron chi connectivity index (χ3n) is 25.1. The normalized spacial score (nSPS) is 14.8. The zero-order chi connectivity index (χ0) is 97.1. The molecule has 6 aromatic carbocycles. The number of rotatable bonds is 34. The summed E-state index contributed by atoms with van der Waals surface area (Å²) in [6.45, 7) is 43.2. The summed E-state index contributed by atoms with van der Waals surface area (Å²) in [6.07, 6.45) is 11.6. The van der Waals surface area contributed by atoms with E-state index < -0.39 is 45.3 Å². The molecule has 0 bridgehead atoms. The average Bonchev–Trinajstić information content (AvgIpc) is 1.56. The van der Waals surface area contributed by atoms with Gasteiger partial charge in [-0.2, -0.15) is 29.9 Å². The lowest BCUT2D eigenvalue weighted by molar-refractivity contribution is -0.122. The molecule has 3 saturated heterocycles. The Morgan fingerprint density at radius 3 is 0.963 bits per heavy atom. The number of carbonyl (C=O) groups is 1. The number of amides is 1. The van der Waals surface area contributed by atoms with Crippen molar-refractivity contribution in [2.45, 2.75) is 230 Å². The SMILES string of the molecule is CNC(=O)CN1CCC(c2cc(OC(C)C)c(Nc3nc(Nc4ccccc4S(=O)(=O)C(C)C)c4c(C)c[nH]c4n3)cc2C)CC1.COCCN1CCC(c2cc(OC(C)C)c(Nc3nc(Nc4ccccc4S(=O)(=O)C(C)C)c4c(C)c[nH]c4n3)cc2C)CC1.Cc1cc(Nc2nc(Nc3ccccc3S(=O)(=O)C(C)C)c3c(C)c[nH]c3n2)c(OC(C)C)cc1C1CCN(CCO)CC1. The maximum Gasteiger partial charge on any atom is 0.233 e. The number of fused-ring (bicyclic) bond motifs is 3. The Bertz CT molecular complexity index is 6530. The number of methoxy groups -OCH3 is 1. The van der Waals surface area contributed by atoms with Crippen LogP contribution in [0.3, 0.4) is 0 Å². The molecule has 724 valence electrons. The standard InChI is InChI=1S/C34H45N7O4S.C34H46N6O4S.C33H44N6O4S/c1-20(2)45-28-17-25(24-12-14-41(15-13-24)19-30(42)35-7)22(5)16-27(28)38-34-39-32-31(23(6)18-36-32)33(40-34)37-26-10-8-9-11-29(26)46(43,44)21(3)4;1-21(2)44-29-19-26(25-12-14-40(15-13-25)16-17-43-7)23(5)18-28(29)37-34-38-32-31(24(6)20-35-32)33(39-34)36-27-10-8-9-11-30(27)45(41,42)22(3)4;1-20(2)43-28-18-25(24-11-13-39(14-12-24)15-16-40)22(5)17-27(28)36-33-37-31-30(23(6)19-34-31)32(38-33)35-26-9-7-8-10-29(26)44(41,42)21(3)4/h8-11,16-18,20-21,24H,12-15,19H2,1-7H3,(H,35,42)(H3,36,37,38,39,40);8-11,18-22,25H,12-17H2,1-7H3,(H3,35,36,37,38,39);7-10,17-21,24,40H,11-16H2,1-6H3,(H3,34,35,36,37,38). The zero-order valence-corrected chi connectivity index (χ0v) is 84.0. The van der Waals surface area contributed by atoms with Gasteiger partial charge in [0.1, 0.15) is 51.6 Å². The number of hydrogen-bond acceptors (Lipinski definition) is 27. The van der Waals surface area contributed by atoms with E-state index in [1.807, 2.05) is 87.0 Å². The molecule has 9 heterocycles. The van der Waals surface area contributed by atoms with Crippen LogP contribution in [0.4, 0.5) is 69.4 Å². The highest BCUT2D eigenvalue weighted by Gasteiger charge is 2.33. The number of aliphatic hydroxyl groups excluding tert-OH is 1. The van der Waals surface area contributed by atoms with Crippen molar-refractivity contribution in [3.8, 4) is 17.2 Å². The van der Waals surface area contributed by atoms with Crippen LogP contribution in [0.1, 0.15) is 189 Å². The number of β-amino-alcohol motifs (C(OH)–C–C–N with tert-alkyl or cyclic N) is 1. The third-order valence-corrected chi connectivity index (χ3v) is 31.7. The zero-order valence-electron chi connectivity index (χ0n) is 81.5. The Morgan fingerprint density at radius 2 is 0.689 bits per heavy atom. The summed E-state index contributed by atoms with van der Waals surface area (Å²) in [4.78, 5) is 58.1. The van der Waals surface area contributed by atoms with Gasteiger partial charge in [0.15, 0.2) is 29.5 Å². The minimum atomic E-state index is -3.55. The number of likely N-dealkylation sites (tertiary alicyclic amines) is 3. The van der Waals surface area contributed by atoms with Crippen LogP contribution in [0, 0.1) is 41.5 Å². The molecule has 0 aliphatic carbocycles. The van der Waals surface area contributed by atoms with Crippen molar-refractivity contribution >= 4 is 138 Å². The predicted molar refractivity (Wildman–Crippen MR) is 541 cm³/mol. The molecule has 31 nitrogen and oxygen atoms in total. The molecule has 11 N–H and O–H groups in total. The van der Waals surface area contributed by atoms with E-state index in [0.29, 0.717) is 99.4 Å². The summed E-state index contributed by atoms with van der Waals surface area (Å²) in [6, 6.07) is 33.5. The number of para-hydroxylation sites is 3. The second-order valence-corrected chi connectivity index (χ2v) is 44.5. The van der Waals surface area contributed by atoms with Crippen LogP contribution in [0.25, 0.3) is 33.1 Å². The lowest BCUT2D eigenvalue weighted by atomic mass is 9.86. The Morgan fingerprint density at radius 1 is 0.400 bits per heavy atom. The number of anilines is 12. The van der Waals surface area contributed by atoms with Gasteiger partial charge >= 0.3 is 0 Å². The fourth-order valence-electron chi connectivity index (χ4n) is 17.7. The van der Waals surface area contributed by atoms with Gasteiger partial charge in [-0.25, -0.2) is 25.3 Å². The molecule has 3 aliphatic rings. The number of H-pyrrole nitrogens is 3. The van der Waals surface area contributed by atoms with Crippen molar-refractivity contribution in [3.05, 3.63) is 178 Å². The van der Waals surface area contributed by atoms with E-state index in [1.54, 1.807) is 122 Å². The van der Waals surface area contributed by atoms with E-state index in [9.17, 15) is 35.2 Å². The number of aromatic amines is 3. The van der Waals surface area contributed by atoms with E-state index in [1.165, 1.54) is 22.3 Å². The molecule has 6 aromatic heterocycles. The number of likely N-dealkylation sites (N-methyl/N-ethyl adjacent to an activating group) is 1. The third kappa shape index (κ3) is 24.1. The van der Waals surface area contributed by atoms with E-state index in [2.05, 4.69) is 124 Å². The van der Waals surface area contributed by atoms with Crippen LogP contribution in [-0.2, 0) is 39.0 Å². The van der Waals surface area contributed by atoms with Gasteiger partial charge in [0.25, 0.3) is 0 Å². The molecule has 0 saturated carbocycles. The number of benzene rings is 6. The van der Waals surface area contributed by atoms with Crippen molar-refractivity contribution in [2.75, 3.05) is 118 Å². The summed E-state index contributed by atoms with van der Waals surface area (Å²) < 4.78 is 103. The van der Waals surface area contributed by atoms with Gasteiger partial charge in [-0.15, -0.1) is 0 Å². The number of sulfone groups is 3. The molecular weight excluding hydrogens is 1770 g/mol. The largest absolute Gasteiger partial charge is 0.489 e. The van der Waals surface area contributed by atoms with Crippen LogP contribution < -0.4 is 51.4 Å². The highest BCUT2D eigenvalue weighted by atomic mass is 32.2. The minimum Gasteiger partial charge on any atom is -0.489 e. The van der Waals surface area contributed by atoms with Gasteiger partial charge in [-0.05, 0) is 343 Å². The first-order valence-corrected chi connectivity index (χ1v) is 51.5. The number of hydrogen-bond donors (Lipinski definition) is 11. The molecule has 34 heteroatoms. The monoisotopic (exact) mass is 1900 g/mol. The molecule has 0 radical (unpaired) electrons. The summed E-state index contributed by atoms with van der Waals surface area (Å²) in [5.41, 5.74) is 15.6. The van der Waals surface area contributed by atoms with Gasteiger partial charge in [-0.3, -0.25) is 9.69 Å². The number of aryl methyl sites for hydroxylation is 6. The molecule has 3 aliphatic heterocycles. The second-order valence-electron chi connectivity index (χ2n) is 37.1. The summed E-state index contributed by atoms with van der Waals surface area (Å²) in [5, 5.41) is 32.8. The van der Waals surface area contributed by atoms with E-state index in [-0.39, 0.29) is 45.5 Å². The Hall–Kier alpha value is -11.5. The Labute approximate surface area is 794 Å². The first-order chi connectivity index (χ1) is 64.3. The first kappa shape index (κ1) is 101. The second kappa shape index (κ2) is 44.1. The molecular formula is C101H135N19O12S3. The first-order valence-electron chi connectivity index (χ1n) is 46.9. The van der Waals surface area contributed by atoms with E-state index >= 15 is 0 Å². The smallest absolute Gasteiger partial charge is 0.233 e. The number of carbonyl (C=O) groups excluding carboxylic acids is 1. The van der Waals surface area contributed by atoms with Crippen LogP contribution in [0.5, 0.6) is 17.2 Å². The van der Waals surface area contributed by atoms with Gasteiger partial charge < -0.3 is 86.0 Å². The summed E-state index contributed by atoms with van der Waals surface area (Å²) >= 11 is 0. The summed E-state index contributed by atoms with van der Waals surface area (Å²) in [7, 11) is -7.20. The van der Waals surface area contributed by atoms with Gasteiger partial charge in [0.2, 0.25) is 23.8 Å². The minimum absolute atomic E-state index is 0.0249. The number of aromatic nitrogens is 9. The maximum absolute atomic E-state index is 13.2. The quantitative estimate of drug-likeness (QED) is 0.0178. The van der Waals surface area contributed by atoms with Gasteiger partial charge in [0, 0.05) is 45.8 Å². The maximum atomic E-state index is 13.2. The topological polar surface area (TPSA) is 395 Å². The Balaban J connectivity index is 0.000000172. The van der Waals surface area contributed by atoms with Gasteiger partial charge in [0.05, 0.1) is 119 Å². The molecule has 0 atom stereocenters. The molecule has 3 fully saturated rings. The predicted octanol–water partition coefficient (Wildman–Crippen LogP) is 19.0. The van der Waals surface area contributed by atoms with Gasteiger partial charge in [-0.1, -0.05) is 36.4 Å². The van der Waals surface area contributed by atoms with Crippen LogP contribution in [0.15, 0.2) is 142 Å². The van der Waals surface area contributed by atoms with Crippen molar-refractivity contribution in [2.24, 2.45) is 0 Å². The Kier molecular flexibility index (Phi) is 33.0. The fourth-order valence-corrected chi connectivity index (χ4v) is 21.3. The molecule has 135 heavy (non-hydrogen) atoms. The lowest BCUT2D eigenvalue weighted by Gasteiger charge is -2.33. The van der Waals surface area contributed by atoms with E-state index in [4.69, 9.17) is 48.9 Å². The fraction of sp³-hybridized carbons (Fsp3) is 0.455. The molecule has 15 rings (SSSR count). The van der Waals surface area contributed by atoms with Crippen molar-refractivity contribution in [1.82, 2.24) is 64.9 Å². The van der Waals surface area contributed by atoms with E-state index in [0.717, 1.165) is 170 Å². The highest BCUT2D eigenvalue weighted by Crippen LogP contribution is 2.45. The summed E-state index contributed by atoms with van der Waals surface area (Å²) in [5.74, 6) is 6.00. The molecule has 0 unspecified atom stereocenters. The number of nitrogens with one attached hydrogen (secondary N) is 10. The highest BCUT2D eigenvalue weighted by molar-refractivity contribution is 7.92. The number of piperidine rings is 3. The lowest BCUT2D eigenvalue weighted by Crippen LogP contribution is -2.40. The number of nitrogens with zero attached hydrogens (tertiary/aromatic N) is 9. The molecule has 12 aromatic rings.